The third kappa shape index (κ3) is 2.23. The highest BCUT2D eigenvalue weighted by Gasteiger charge is 2.31. The molecule has 2 aromatic carbocycles. The number of nitrogens with zero attached hydrogens (tertiary/aromatic N) is 3. The van der Waals surface area contributed by atoms with E-state index >= 15 is 0 Å². The van der Waals surface area contributed by atoms with Crippen molar-refractivity contribution >= 4 is 17.1 Å². The number of benzene rings is 2. The molecule has 0 saturated heterocycles. The van der Waals surface area contributed by atoms with Gasteiger partial charge in [-0.2, -0.15) is 0 Å². The highest BCUT2D eigenvalue weighted by atomic mass is 15.4. The molecule has 0 aliphatic carbocycles. The van der Waals surface area contributed by atoms with Crippen molar-refractivity contribution in [1.82, 2.24) is 0 Å². The second-order valence-electron chi connectivity index (χ2n) is 5.69. The zero-order valence-corrected chi connectivity index (χ0v) is 13.2. The topological polar surface area (TPSA) is 9.72 Å². The standard InChI is InChI=1S/C18H23N3/c1-5-19(2)15-12-10-14(11-13-15)18-20(3)16-8-6-7-9-17(16)21(18)4/h6-13,18H,5H2,1-4H3. The van der Waals surface area contributed by atoms with Crippen LogP contribution in [0.5, 0.6) is 0 Å². The Hall–Kier alpha value is -2.16. The Morgan fingerprint density at radius 3 is 1.90 bits per heavy atom. The molecule has 0 atom stereocenters. The normalized spacial score (nSPS) is 14.5. The van der Waals surface area contributed by atoms with Gasteiger partial charge in [0.25, 0.3) is 0 Å². The van der Waals surface area contributed by atoms with Crippen LogP contribution in [0.1, 0.15) is 18.7 Å². The molecule has 0 amide bonds. The molecule has 0 saturated carbocycles. The molecule has 0 aromatic heterocycles. The van der Waals surface area contributed by atoms with Gasteiger partial charge in [0.05, 0.1) is 11.4 Å². The van der Waals surface area contributed by atoms with Gasteiger partial charge in [0.1, 0.15) is 6.17 Å². The van der Waals surface area contributed by atoms with Gasteiger partial charge in [-0.25, -0.2) is 0 Å². The SMILES string of the molecule is CCN(C)c1ccc(C2N(C)c3ccccc3N2C)cc1. The minimum absolute atomic E-state index is 0.267. The second-order valence-corrected chi connectivity index (χ2v) is 5.69. The Bertz CT molecular complexity index is 592. The van der Waals surface area contributed by atoms with E-state index in [1.165, 1.54) is 22.6 Å². The van der Waals surface area contributed by atoms with Gasteiger partial charge in [0, 0.05) is 33.4 Å². The first-order valence-corrected chi connectivity index (χ1v) is 7.49. The molecule has 0 bridgehead atoms. The van der Waals surface area contributed by atoms with Gasteiger partial charge in [-0.3, -0.25) is 0 Å². The predicted octanol–water partition coefficient (Wildman–Crippen LogP) is 3.73. The molecule has 110 valence electrons. The molecule has 0 fully saturated rings. The fourth-order valence-electron chi connectivity index (χ4n) is 3.11. The lowest BCUT2D eigenvalue weighted by atomic mass is 10.1. The molecule has 1 heterocycles. The van der Waals surface area contributed by atoms with Crippen LogP contribution in [0.2, 0.25) is 0 Å². The molecular formula is C18H23N3. The molecule has 0 radical (unpaired) electrons. The highest BCUT2D eigenvalue weighted by molar-refractivity contribution is 5.77. The molecule has 21 heavy (non-hydrogen) atoms. The third-order valence-electron chi connectivity index (χ3n) is 4.48. The van der Waals surface area contributed by atoms with Gasteiger partial charge < -0.3 is 14.7 Å². The zero-order chi connectivity index (χ0) is 15.0. The number of hydrogen-bond donors (Lipinski definition) is 0. The number of hydrogen-bond acceptors (Lipinski definition) is 3. The van der Waals surface area contributed by atoms with E-state index in [1.54, 1.807) is 0 Å². The van der Waals surface area contributed by atoms with Crippen molar-refractivity contribution in [3.05, 3.63) is 54.1 Å². The van der Waals surface area contributed by atoms with Gasteiger partial charge in [-0.1, -0.05) is 24.3 Å². The van der Waals surface area contributed by atoms with Crippen molar-refractivity contribution < 1.29 is 0 Å². The van der Waals surface area contributed by atoms with E-state index in [4.69, 9.17) is 0 Å². The van der Waals surface area contributed by atoms with Crippen LogP contribution in [0.4, 0.5) is 17.1 Å². The summed E-state index contributed by atoms with van der Waals surface area (Å²) in [6.45, 7) is 3.19. The summed E-state index contributed by atoms with van der Waals surface area (Å²) in [5, 5.41) is 0. The van der Waals surface area contributed by atoms with Crippen LogP contribution in [0.3, 0.4) is 0 Å². The molecule has 1 aliphatic rings. The van der Waals surface area contributed by atoms with Gasteiger partial charge in [-0.05, 0) is 36.8 Å². The molecule has 1 aliphatic heterocycles. The number of fused-ring (bicyclic) bond motifs is 1. The fraction of sp³-hybridized carbons (Fsp3) is 0.333. The summed E-state index contributed by atoms with van der Waals surface area (Å²) >= 11 is 0. The van der Waals surface area contributed by atoms with E-state index in [2.05, 4.69) is 91.3 Å². The number of rotatable bonds is 3. The van der Waals surface area contributed by atoms with Crippen molar-refractivity contribution in [3.8, 4) is 0 Å². The molecule has 0 unspecified atom stereocenters. The van der Waals surface area contributed by atoms with E-state index in [-0.39, 0.29) is 6.17 Å². The summed E-state index contributed by atoms with van der Waals surface area (Å²) in [7, 11) is 6.46. The first-order valence-electron chi connectivity index (χ1n) is 7.49. The van der Waals surface area contributed by atoms with E-state index in [1.807, 2.05) is 0 Å². The maximum Gasteiger partial charge on any atom is 0.128 e. The first-order chi connectivity index (χ1) is 10.1. The third-order valence-corrected chi connectivity index (χ3v) is 4.48. The zero-order valence-electron chi connectivity index (χ0n) is 13.2. The van der Waals surface area contributed by atoms with Crippen molar-refractivity contribution in [2.75, 3.05) is 42.4 Å². The fourth-order valence-corrected chi connectivity index (χ4v) is 3.11. The smallest absolute Gasteiger partial charge is 0.128 e. The summed E-state index contributed by atoms with van der Waals surface area (Å²) in [6, 6.07) is 17.5. The molecule has 0 spiro atoms. The molecular weight excluding hydrogens is 258 g/mol. The van der Waals surface area contributed by atoms with Crippen molar-refractivity contribution in [2.45, 2.75) is 13.1 Å². The lowest BCUT2D eigenvalue weighted by molar-refractivity contribution is 0.694. The van der Waals surface area contributed by atoms with Crippen molar-refractivity contribution in [3.63, 3.8) is 0 Å². The molecule has 3 nitrogen and oxygen atoms in total. The summed E-state index contributed by atoms with van der Waals surface area (Å²) < 4.78 is 0. The largest absolute Gasteiger partial charge is 0.375 e. The highest BCUT2D eigenvalue weighted by Crippen LogP contribution is 2.44. The van der Waals surface area contributed by atoms with Crippen molar-refractivity contribution in [1.29, 1.82) is 0 Å². The maximum atomic E-state index is 2.34. The lowest BCUT2D eigenvalue weighted by Gasteiger charge is -2.29. The van der Waals surface area contributed by atoms with Gasteiger partial charge in [0.2, 0.25) is 0 Å². The number of anilines is 3. The van der Waals surface area contributed by atoms with Gasteiger partial charge in [0.15, 0.2) is 0 Å². The number of para-hydroxylation sites is 2. The quantitative estimate of drug-likeness (QED) is 0.849. The van der Waals surface area contributed by atoms with Crippen LogP contribution in [-0.2, 0) is 0 Å². The maximum absolute atomic E-state index is 2.34. The van der Waals surface area contributed by atoms with Crippen molar-refractivity contribution in [2.24, 2.45) is 0 Å². The minimum atomic E-state index is 0.267. The van der Waals surface area contributed by atoms with E-state index in [9.17, 15) is 0 Å². The average molecular weight is 281 g/mol. The lowest BCUT2D eigenvalue weighted by Crippen LogP contribution is -2.30. The Kier molecular flexibility index (Phi) is 3.50. The van der Waals surface area contributed by atoms with Crippen LogP contribution in [-0.4, -0.2) is 27.7 Å². The molecule has 3 heteroatoms. The van der Waals surface area contributed by atoms with Crippen LogP contribution in [0.15, 0.2) is 48.5 Å². The molecule has 3 rings (SSSR count). The summed E-state index contributed by atoms with van der Waals surface area (Å²) in [4.78, 5) is 6.93. The van der Waals surface area contributed by atoms with Crippen LogP contribution < -0.4 is 14.7 Å². The summed E-state index contributed by atoms with van der Waals surface area (Å²) in [5.74, 6) is 0. The minimum Gasteiger partial charge on any atom is -0.375 e. The Labute approximate surface area is 127 Å². The second kappa shape index (κ2) is 5.32. The molecule has 2 aromatic rings. The average Bonchev–Trinajstić information content (AvgIpc) is 2.79. The Morgan fingerprint density at radius 1 is 0.905 bits per heavy atom. The monoisotopic (exact) mass is 281 g/mol. The summed E-state index contributed by atoms with van der Waals surface area (Å²) in [6.07, 6.45) is 0.267. The van der Waals surface area contributed by atoms with E-state index in [0.717, 1.165) is 6.54 Å². The van der Waals surface area contributed by atoms with Crippen LogP contribution in [0.25, 0.3) is 0 Å². The van der Waals surface area contributed by atoms with E-state index in [0.29, 0.717) is 0 Å². The summed E-state index contributed by atoms with van der Waals surface area (Å²) in [5.41, 5.74) is 5.17. The molecule has 0 N–H and O–H groups in total. The Morgan fingerprint density at radius 2 is 1.43 bits per heavy atom. The Balaban J connectivity index is 1.92. The van der Waals surface area contributed by atoms with Gasteiger partial charge in [-0.15, -0.1) is 0 Å². The predicted molar refractivity (Wildman–Crippen MR) is 91.4 cm³/mol. The van der Waals surface area contributed by atoms with Crippen LogP contribution >= 0.6 is 0 Å². The van der Waals surface area contributed by atoms with E-state index < -0.39 is 0 Å². The first kappa shape index (κ1) is 13.8. The van der Waals surface area contributed by atoms with Gasteiger partial charge >= 0.3 is 0 Å². The van der Waals surface area contributed by atoms with Crippen LogP contribution in [0, 0.1) is 0 Å².